The third kappa shape index (κ3) is 11.3. The van der Waals surface area contributed by atoms with Crippen molar-refractivity contribution in [3.8, 4) is 0 Å². The van der Waals surface area contributed by atoms with Crippen LogP contribution in [-0.4, -0.2) is 39.5 Å². The van der Waals surface area contributed by atoms with Crippen LogP contribution in [0.25, 0.3) is 0 Å². The minimum atomic E-state index is -0.265. The van der Waals surface area contributed by atoms with Crippen LogP contribution in [-0.2, 0) is 19.0 Å². The van der Waals surface area contributed by atoms with Gasteiger partial charge in [0, 0.05) is 7.11 Å². The van der Waals surface area contributed by atoms with Crippen LogP contribution in [0.5, 0.6) is 0 Å². The molecule has 0 bridgehead atoms. The lowest BCUT2D eigenvalue weighted by Crippen LogP contribution is -2.13. The maximum Gasteiger partial charge on any atom is 0.309 e. The Kier molecular flexibility index (Phi) is 9.52. The maximum atomic E-state index is 11.1. The number of carbonyl (C=O) groups is 1. The number of ether oxygens (including phenoxy) is 3. The molecule has 15 heavy (non-hydrogen) atoms. The van der Waals surface area contributed by atoms with Gasteiger partial charge in [-0.2, -0.15) is 0 Å². The lowest BCUT2D eigenvalue weighted by atomic mass is 10.1. The fourth-order valence-electron chi connectivity index (χ4n) is 0.836. The molecule has 0 aromatic rings. The van der Waals surface area contributed by atoms with Gasteiger partial charge in [0.25, 0.3) is 0 Å². The van der Waals surface area contributed by atoms with Gasteiger partial charge in [-0.1, -0.05) is 13.8 Å². The van der Waals surface area contributed by atoms with Crippen LogP contribution in [0.15, 0.2) is 0 Å². The molecule has 0 aliphatic rings. The molecule has 0 N–H and O–H groups in total. The van der Waals surface area contributed by atoms with Crippen molar-refractivity contribution in [2.24, 2.45) is 5.92 Å². The van der Waals surface area contributed by atoms with E-state index >= 15 is 0 Å². The van der Waals surface area contributed by atoms with Gasteiger partial charge < -0.3 is 14.2 Å². The Hall–Kier alpha value is -0.610. The average molecular weight is 217 g/mol. The molecule has 1 radical (unpaired) electrons. The molecule has 0 aliphatic heterocycles. The third-order valence-electron chi connectivity index (χ3n) is 1.66. The van der Waals surface area contributed by atoms with Crippen LogP contribution in [0.3, 0.4) is 0 Å². The number of carbonyl (C=O) groups excluding carboxylic acids is 1. The zero-order valence-electron chi connectivity index (χ0n) is 9.82. The summed E-state index contributed by atoms with van der Waals surface area (Å²) < 4.78 is 14.8. The van der Waals surface area contributed by atoms with Gasteiger partial charge in [-0.3, -0.25) is 4.79 Å². The Labute approximate surface area is 91.9 Å². The van der Waals surface area contributed by atoms with E-state index in [1.165, 1.54) is 0 Å². The van der Waals surface area contributed by atoms with Crippen LogP contribution < -0.4 is 0 Å². The summed E-state index contributed by atoms with van der Waals surface area (Å²) in [7, 11) is 1.62. The molecule has 0 rings (SSSR count). The normalized spacial score (nSPS) is 10.7. The summed E-state index contributed by atoms with van der Waals surface area (Å²) in [4.78, 5) is 11.1. The SMILES string of the molecule is COCCOCCOC(=O)[CH]CC(C)C. The second-order valence-electron chi connectivity index (χ2n) is 3.61. The average Bonchev–Trinajstić information content (AvgIpc) is 2.20. The Bertz CT molecular complexity index is 157. The molecule has 0 saturated carbocycles. The van der Waals surface area contributed by atoms with E-state index in [1.807, 2.05) is 0 Å². The van der Waals surface area contributed by atoms with E-state index in [4.69, 9.17) is 14.2 Å². The molecule has 0 fully saturated rings. The minimum Gasteiger partial charge on any atom is -0.463 e. The number of methoxy groups -OCH3 is 1. The summed E-state index contributed by atoms with van der Waals surface area (Å²) in [6.45, 7) is 5.92. The van der Waals surface area contributed by atoms with E-state index in [0.29, 0.717) is 32.3 Å². The van der Waals surface area contributed by atoms with Gasteiger partial charge in [0.05, 0.1) is 26.2 Å². The topological polar surface area (TPSA) is 44.8 Å². The first-order valence-electron chi connectivity index (χ1n) is 5.23. The maximum absolute atomic E-state index is 11.1. The van der Waals surface area contributed by atoms with E-state index in [2.05, 4.69) is 13.8 Å². The van der Waals surface area contributed by atoms with Crippen LogP contribution in [0.2, 0.25) is 0 Å². The molecule has 0 amide bonds. The predicted molar refractivity (Wildman–Crippen MR) is 57.4 cm³/mol. The Morgan fingerprint density at radius 1 is 1.20 bits per heavy atom. The van der Waals surface area contributed by atoms with Gasteiger partial charge >= 0.3 is 5.97 Å². The van der Waals surface area contributed by atoms with Crippen molar-refractivity contribution < 1.29 is 19.0 Å². The van der Waals surface area contributed by atoms with Crippen LogP contribution >= 0.6 is 0 Å². The van der Waals surface area contributed by atoms with Crippen molar-refractivity contribution in [2.75, 3.05) is 33.5 Å². The summed E-state index contributed by atoms with van der Waals surface area (Å²) in [6.07, 6.45) is 2.32. The quantitative estimate of drug-likeness (QED) is 0.433. The van der Waals surface area contributed by atoms with Crippen molar-refractivity contribution in [1.82, 2.24) is 0 Å². The zero-order chi connectivity index (χ0) is 11.5. The lowest BCUT2D eigenvalue weighted by molar-refractivity contribution is -0.141. The van der Waals surface area contributed by atoms with Crippen molar-refractivity contribution >= 4 is 5.97 Å². The van der Waals surface area contributed by atoms with Gasteiger partial charge in [0.15, 0.2) is 0 Å². The Morgan fingerprint density at radius 2 is 1.87 bits per heavy atom. The van der Waals surface area contributed by atoms with Gasteiger partial charge in [0.1, 0.15) is 6.61 Å². The highest BCUT2D eigenvalue weighted by Gasteiger charge is 2.04. The van der Waals surface area contributed by atoms with Crippen molar-refractivity contribution in [1.29, 1.82) is 0 Å². The van der Waals surface area contributed by atoms with Gasteiger partial charge in [-0.05, 0) is 12.3 Å². The summed E-state index contributed by atoms with van der Waals surface area (Å²) in [5, 5.41) is 0. The second-order valence-corrected chi connectivity index (χ2v) is 3.61. The van der Waals surface area contributed by atoms with E-state index in [9.17, 15) is 4.79 Å². The van der Waals surface area contributed by atoms with E-state index in [0.717, 1.165) is 6.42 Å². The standard InChI is InChI=1S/C11H21O4/c1-10(2)4-5-11(12)15-9-8-14-7-6-13-3/h5,10H,4,6-9H2,1-3H3. The molecule has 0 saturated heterocycles. The first-order valence-corrected chi connectivity index (χ1v) is 5.23. The number of esters is 1. The fourth-order valence-corrected chi connectivity index (χ4v) is 0.836. The molecule has 0 unspecified atom stereocenters. The van der Waals surface area contributed by atoms with Crippen LogP contribution in [0, 0.1) is 12.3 Å². The van der Waals surface area contributed by atoms with E-state index in [1.54, 1.807) is 13.5 Å². The van der Waals surface area contributed by atoms with Crippen molar-refractivity contribution in [3.05, 3.63) is 6.42 Å². The monoisotopic (exact) mass is 217 g/mol. The highest BCUT2D eigenvalue weighted by molar-refractivity contribution is 5.78. The Morgan fingerprint density at radius 3 is 2.47 bits per heavy atom. The Balaban J connectivity index is 3.17. The molecular formula is C11H21O4. The first kappa shape index (κ1) is 14.4. The highest BCUT2D eigenvalue weighted by Crippen LogP contribution is 2.02. The highest BCUT2D eigenvalue weighted by atomic mass is 16.6. The fraction of sp³-hybridized carbons (Fsp3) is 0.818. The predicted octanol–water partition coefficient (Wildman–Crippen LogP) is 1.44. The van der Waals surface area contributed by atoms with Crippen LogP contribution in [0.4, 0.5) is 0 Å². The summed E-state index contributed by atoms with van der Waals surface area (Å²) in [5.74, 6) is 0.217. The van der Waals surface area contributed by atoms with Crippen molar-refractivity contribution in [3.63, 3.8) is 0 Å². The smallest absolute Gasteiger partial charge is 0.309 e. The molecule has 0 aromatic carbocycles. The van der Waals surface area contributed by atoms with Gasteiger partial charge in [0.2, 0.25) is 0 Å². The minimum absolute atomic E-state index is 0.265. The van der Waals surface area contributed by atoms with Crippen molar-refractivity contribution in [2.45, 2.75) is 20.3 Å². The molecule has 0 heterocycles. The van der Waals surface area contributed by atoms with E-state index in [-0.39, 0.29) is 5.97 Å². The summed E-state index contributed by atoms with van der Waals surface area (Å²) in [6, 6.07) is 0. The molecule has 0 atom stereocenters. The van der Waals surface area contributed by atoms with E-state index < -0.39 is 0 Å². The first-order chi connectivity index (χ1) is 7.16. The molecule has 0 aliphatic carbocycles. The molecular weight excluding hydrogens is 196 g/mol. The summed E-state index contributed by atoms with van der Waals surface area (Å²) >= 11 is 0. The third-order valence-corrected chi connectivity index (χ3v) is 1.66. The molecule has 4 heteroatoms. The molecule has 0 aromatic heterocycles. The number of hydrogen-bond acceptors (Lipinski definition) is 4. The lowest BCUT2D eigenvalue weighted by Gasteiger charge is -2.06. The summed E-state index contributed by atoms with van der Waals surface area (Å²) in [5.41, 5.74) is 0. The largest absolute Gasteiger partial charge is 0.463 e. The van der Waals surface area contributed by atoms with Gasteiger partial charge in [-0.15, -0.1) is 0 Å². The molecule has 0 spiro atoms. The van der Waals surface area contributed by atoms with Gasteiger partial charge in [-0.25, -0.2) is 0 Å². The number of rotatable bonds is 9. The molecule has 89 valence electrons. The number of hydrogen-bond donors (Lipinski definition) is 0. The molecule has 4 nitrogen and oxygen atoms in total. The van der Waals surface area contributed by atoms with Crippen LogP contribution in [0.1, 0.15) is 20.3 Å². The zero-order valence-corrected chi connectivity index (χ0v) is 9.82. The second kappa shape index (κ2) is 9.93.